The molecule has 2 rings (SSSR count). The van der Waals surface area contributed by atoms with Gasteiger partial charge in [-0.1, -0.05) is 0 Å². The Bertz CT molecular complexity index is 377. The average Bonchev–Trinajstić information content (AvgIpc) is 2.29. The second-order valence-corrected chi connectivity index (χ2v) is 3.59. The summed E-state index contributed by atoms with van der Waals surface area (Å²) in [7, 11) is 3.28. The van der Waals surface area contributed by atoms with Crippen molar-refractivity contribution < 1.29 is 9.47 Å². The molecule has 4 heteroatoms. The molecule has 1 aliphatic heterocycles. The molecule has 0 radical (unpaired) electrons. The minimum absolute atomic E-state index is 0.706. The molecule has 0 aromatic heterocycles. The average molecular weight is 208 g/mol. The van der Waals surface area contributed by atoms with E-state index >= 15 is 0 Å². The standard InChI is InChI=1S/C11H16N2O2/c1-14-10-5-9(12)7-3-4-13-6-8(7)11(10)15-2/h5,13H,3-4,6,12H2,1-2H3. The van der Waals surface area contributed by atoms with Crippen molar-refractivity contribution in [3.8, 4) is 11.5 Å². The van der Waals surface area contributed by atoms with Crippen molar-refractivity contribution in [1.82, 2.24) is 5.32 Å². The number of ether oxygens (including phenoxy) is 2. The van der Waals surface area contributed by atoms with Gasteiger partial charge in [0.15, 0.2) is 11.5 Å². The molecule has 1 aromatic rings. The van der Waals surface area contributed by atoms with Crippen molar-refractivity contribution >= 4 is 5.69 Å². The Morgan fingerprint density at radius 1 is 1.27 bits per heavy atom. The van der Waals surface area contributed by atoms with Crippen LogP contribution in [0.3, 0.4) is 0 Å². The number of benzene rings is 1. The fraction of sp³-hybridized carbons (Fsp3) is 0.455. The zero-order valence-electron chi connectivity index (χ0n) is 9.09. The minimum atomic E-state index is 0.706. The van der Waals surface area contributed by atoms with E-state index in [1.807, 2.05) is 6.07 Å². The number of rotatable bonds is 2. The first-order valence-corrected chi connectivity index (χ1v) is 5.00. The molecule has 4 nitrogen and oxygen atoms in total. The Labute approximate surface area is 89.4 Å². The van der Waals surface area contributed by atoms with E-state index in [0.717, 1.165) is 36.5 Å². The third kappa shape index (κ3) is 1.61. The SMILES string of the molecule is COc1cc(N)c2c(c1OC)CNCC2. The molecular formula is C11H16N2O2. The van der Waals surface area contributed by atoms with Gasteiger partial charge >= 0.3 is 0 Å². The van der Waals surface area contributed by atoms with Gasteiger partial charge in [0.2, 0.25) is 0 Å². The third-order valence-corrected chi connectivity index (χ3v) is 2.77. The molecule has 0 fully saturated rings. The lowest BCUT2D eigenvalue weighted by Gasteiger charge is -2.23. The molecule has 1 aromatic carbocycles. The number of nitrogen functional groups attached to an aromatic ring is 1. The maximum atomic E-state index is 5.98. The molecule has 0 bridgehead atoms. The lowest BCUT2D eigenvalue weighted by Crippen LogP contribution is -2.25. The predicted octanol–water partition coefficient (Wildman–Crippen LogP) is 0.932. The molecule has 0 aliphatic carbocycles. The topological polar surface area (TPSA) is 56.5 Å². The molecule has 1 aliphatic rings. The lowest BCUT2D eigenvalue weighted by atomic mass is 9.97. The number of hydrogen-bond donors (Lipinski definition) is 2. The minimum Gasteiger partial charge on any atom is -0.493 e. The van der Waals surface area contributed by atoms with Gasteiger partial charge in [-0.05, 0) is 18.5 Å². The highest BCUT2D eigenvalue weighted by Gasteiger charge is 2.20. The fourth-order valence-electron chi connectivity index (χ4n) is 2.04. The van der Waals surface area contributed by atoms with Gasteiger partial charge < -0.3 is 20.5 Å². The quantitative estimate of drug-likeness (QED) is 0.710. The summed E-state index contributed by atoms with van der Waals surface area (Å²) < 4.78 is 10.6. The summed E-state index contributed by atoms with van der Waals surface area (Å²) in [6.45, 7) is 1.76. The number of anilines is 1. The van der Waals surface area contributed by atoms with Crippen molar-refractivity contribution in [2.75, 3.05) is 26.5 Å². The molecule has 0 saturated carbocycles. The van der Waals surface area contributed by atoms with Crippen LogP contribution in [-0.2, 0) is 13.0 Å². The number of hydrogen-bond acceptors (Lipinski definition) is 4. The van der Waals surface area contributed by atoms with Crippen molar-refractivity contribution in [3.05, 3.63) is 17.2 Å². The second kappa shape index (κ2) is 3.98. The van der Waals surface area contributed by atoms with Crippen LogP contribution in [0.1, 0.15) is 11.1 Å². The van der Waals surface area contributed by atoms with Gasteiger partial charge in [0.25, 0.3) is 0 Å². The van der Waals surface area contributed by atoms with Crippen LogP contribution in [0.2, 0.25) is 0 Å². The van der Waals surface area contributed by atoms with Crippen molar-refractivity contribution in [3.63, 3.8) is 0 Å². The zero-order valence-corrected chi connectivity index (χ0v) is 9.09. The predicted molar refractivity (Wildman–Crippen MR) is 59.4 cm³/mol. The van der Waals surface area contributed by atoms with Gasteiger partial charge in [-0.15, -0.1) is 0 Å². The van der Waals surface area contributed by atoms with Gasteiger partial charge in [-0.2, -0.15) is 0 Å². The highest BCUT2D eigenvalue weighted by atomic mass is 16.5. The van der Waals surface area contributed by atoms with Crippen LogP contribution in [0.15, 0.2) is 6.07 Å². The van der Waals surface area contributed by atoms with Gasteiger partial charge in [-0.3, -0.25) is 0 Å². The maximum absolute atomic E-state index is 5.98. The van der Waals surface area contributed by atoms with Crippen LogP contribution >= 0.6 is 0 Å². The van der Waals surface area contributed by atoms with Crippen LogP contribution < -0.4 is 20.5 Å². The number of methoxy groups -OCH3 is 2. The van der Waals surface area contributed by atoms with E-state index in [-0.39, 0.29) is 0 Å². The van der Waals surface area contributed by atoms with Crippen molar-refractivity contribution in [2.24, 2.45) is 0 Å². The molecule has 3 N–H and O–H groups in total. The molecule has 1 heterocycles. The molecule has 82 valence electrons. The van der Waals surface area contributed by atoms with Crippen LogP contribution in [0.4, 0.5) is 5.69 Å². The summed E-state index contributed by atoms with van der Waals surface area (Å²) in [6.07, 6.45) is 0.946. The highest BCUT2D eigenvalue weighted by molar-refractivity contribution is 5.63. The first kappa shape index (κ1) is 10.1. The number of nitrogens with two attached hydrogens (primary N) is 1. The normalized spacial score (nSPS) is 14.5. The number of nitrogens with one attached hydrogen (secondary N) is 1. The Morgan fingerprint density at radius 2 is 2.07 bits per heavy atom. The second-order valence-electron chi connectivity index (χ2n) is 3.59. The van der Waals surface area contributed by atoms with Crippen LogP contribution in [0, 0.1) is 0 Å². The fourth-order valence-corrected chi connectivity index (χ4v) is 2.04. The highest BCUT2D eigenvalue weighted by Crippen LogP contribution is 2.38. The Balaban J connectivity index is 2.59. The van der Waals surface area contributed by atoms with Gasteiger partial charge in [0.1, 0.15) is 0 Å². The van der Waals surface area contributed by atoms with Crippen LogP contribution in [-0.4, -0.2) is 20.8 Å². The summed E-state index contributed by atoms with van der Waals surface area (Å²) >= 11 is 0. The van der Waals surface area contributed by atoms with Crippen LogP contribution in [0.5, 0.6) is 11.5 Å². The van der Waals surface area contributed by atoms with Gasteiger partial charge in [0, 0.05) is 23.9 Å². The van der Waals surface area contributed by atoms with Gasteiger partial charge in [0.05, 0.1) is 14.2 Å². The van der Waals surface area contributed by atoms with E-state index in [4.69, 9.17) is 15.2 Å². The molecule has 0 amide bonds. The van der Waals surface area contributed by atoms with E-state index in [1.54, 1.807) is 14.2 Å². The first-order valence-electron chi connectivity index (χ1n) is 5.00. The smallest absolute Gasteiger partial charge is 0.165 e. The van der Waals surface area contributed by atoms with E-state index in [1.165, 1.54) is 5.56 Å². The van der Waals surface area contributed by atoms with Crippen molar-refractivity contribution in [2.45, 2.75) is 13.0 Å². The molecule has 0 unspecified atom stereocenters. The summed E-state index contributed by atoms with van der Waals surface area (Å²) in [5.74, 6) is 1.51. The molecule has 0 spiro atoms. The largest absolute Gasteiger partial charge is 0.493 e. The van der Waals surface area contributed by atoms with E-state index in [9.17, 15) is 0 Å². The molecule has 0 saturated heterocycles. The van der Waals surface area contributed by atoms with E-state index in [0.29, 0.717) is 5.75 Å². The maximum Gasteiger partial charge on any atom is 0.165 e. The monoisotopic (exact) mass is 208 g/mol. The summed E-state index contributed by atoms with van der Waals surface area (Å²) in [4.78, 5) is 0. The first-order chi connectivity index (χ1) is 7.27. The Morgan fingerprint density at radius 3 is 2.73 bits per heavy atom. The number of fused-ring (bicyclic) bond motifs is 1. The molecule has 15 heavy (non-hydrogen) atoms. The lowest BCUT2D eigenvalue weighted by molar-refractivity contribution is 0.349. The van der Waals surface area contributed by atoms with E-state index < -0.39 is 0 Å². The Hall–Kier alpha value is -1.42. The summed E-state index contributed by atoms with van der Waals surface area (Å²) in [5.41, 5.74) is 9.09. The summed E-state index contributed by atoms with van der Waals surface area (Å²) in [6, 6.07) is 1.84. The molecular weight excluding hydrogens is 192 g/mol. The summed E-state index contributed by atoms with van der Waals surface area (Å²) in [5, 5.41) is 3.30. The zero-order chi connectivity index (χ0) is 10.8. The van der Waals surface area contributed by atoms with Crippen LogP contribution in [0.25, 0.3) is 0 Å². The van der Waals surface area contributed by atoms with Crippen molar-refractivity contribution in [1.29, 1.82) is 0 Å². The Kier molecular flexibility index (Phi) is 2.68. The molecule has 0 atom stereocenters. The van der Waals surface area contributed by atoms with Gasteiger partial charge in [-0.25, -0.2) is 0 Å². The third-order valence-electron chi connectivity index (χ3n) is 2.77. The van der Waals surface area contributed by atoms with E-state index in [2.05, 4.69) is 5.32 Å².